The third-order valence-corrected chi connectivity index (χ3v) is 0.456. The molecule has 0 unspecified atom stereocenters. The fourth-order valence-electron chi connectivity index (χ4n) is 0.133. The fourth-order valence-corrected chi connectivity index (χ4v) is 0.192. The number of amides is 1. The number of aliphatic carboxylic acids is 1. The Morgan fingerprint density at radius 3 is 1.79 bits per heavy atom. The van der Waals surface area contributed by atoms with Crippen LogP contribution in [0.1, 0.15) is 2.85 Å². The zero-order chi connectivity index (χ0) is 10.1. The van der Waals surface area contributed by atoms with Crippen LogP contribution in [0.3, 0.4) is 0 Å². The summed E-state index contributed by atoms with van der Waals surface area (Å²) in [6.45, 7) is -0.463. The Morgan fingerprint density at radius 2 is 1.71 bits per heavy atom. The van der Waals surface area contributed by atoms with E-state index in [0.29, 0.717) is 0 Å². The minimum Gasteiger partial charge on any atom is -1.00 e. The molecule has 74 valence electrons. The minimum atomic E-state index is -1.09. The van der Waals surface area contributed by atoms with Crippen LogP contribution in [0.2, 0.25) is 0 Å². The molecule has 6 nitrogen and oxygen atoms in total. The monoisotopic (exact) mass is 260 g/mol. The SMILES string of the molecule is NC(=O)S.NC(=S)OCC(=O)O.[H-].[H-].[Na+].[Na+]. The van der Waals surface area contributed by atoms with Gasteiger partial charge in [-0.3, -0.25) is 4.79 Å². The number of nitrogens with two attached hydrogens (primary N) is 2. The molecular formula is C4H10N2Na2O4S2. The summed E-state index contributed by atoms with van der Waals surface area (Å²) in [6.07, 6.45) is 0. The fraction of sp³-hybridized carbons (Fsp3) is 0.250. The van der Waals surface area contributed by atoms with E-state index >= 15 is 0 Å². The number of carbonyl (C=O) groups excluding carboxylic acids is 1. The second-order valence-corrected chi connectivity index (χ2v) is 2.18. The number of ether oxygens (including phenoxy) is 1. The predicted molar refractivity (Wildman–Crippen MR) is 51.2 cm³/mol. The standard InChI is InChI=1S/C3H5NO3S.CH3NOS.2Na.2H/c4-3(8)7-1-2(5)6;2-1(3)4;;;;/h1H2,(H2,4,8)(H,5,6);(H3,2,3,4);;;;/q;;2*+1;2*-1. The van der Waals surface area contributed by atoms with Crippen LogP contribution in [0, 0.1) is 0 Å². The summed E-state index contributed by atoms with van der Waals surface area (Å²) in [7, 11) is 0. The van der Waals surface area contributed by atoms with Crippen molar-refractivity contribution in [2.45, 2.75) is 0 Å². The summed E-state index contributed by atoms with van der Waals surface area (Å²) in [6, 6.07) is 0. The molecule has 0 heterocycles. The van der Waals surface area contributed by atoms with Crippen molar-refractivity contribution in [3.8, 4) is 0 Å². The molecule has 0 saturated carbocycles. The summed E-state index contributed by atoms with van der Waals surface area (Å²) in [5.41, 5.74) is 9.12. The van der Waals surface area contributed by atoms with Gasteiger partial charge in [-0.1, -0.05) is 12.6 Å². The van der Waals surface area contributed by atoms with Gasteiger partial charge < -0.3 is 24.2 Å². The Kier molecular flexibility index (Phi) is 28.5. The molecule has 0 atom stereocenters. The van der Waals surface area contributed by atoms with Crippen LogP contribution in [-0.2, 0) is 9.53 Å². The Hall–Kier alpha value is 0.980. The van der Waals surface area contributed by atoms with E-state index in [4.69, 9.17) is 15.6 Å². The Labute approximate surface area is 139 Å². The summed E-state index contributed by atoms with van der Waals surface area (Å²) >= 11 is 7.31. The van der Waals surface area contributed by atoms with Crippen molar-refractivity contribution >= 4 is 41.2 Å². The molecule has 0 aliphatic carbocycles. The van der Waals surface area contributed by atoms with Crippen molar-refractivity contribution in [3.05, 3.63) is 0 Å². The number of thiol groups is 1. The van der Waals surface area contributed by atoms with Crippen LogP contribution in [0.5, 0.6) is 0 Å². The van der Waals surface area contributed by atoms with Crippen molar-refractivity contribution in [1.82, 2.24) is 0 Å². The predicted octanol–water partition coefficient (Wildman–Crippen LogP) is -6.44. The molecule has 0 spiro atoms. The molecular weight excluding hydrogens is 250 g/mol. The van der Waals surface area contributed by atoms with Gasteiger partial charge in [-0.2, -0.15) is 0 Å². The maximum absolute atomic E-state index is 9.66. The number of hydrogen-bond donors (Lipinski definition) is 4. The van der Waals surface area contributed by atoms with E-state index in [2.05, 4.69) is 35.3 Å². The van der Waals surface area contributed by atoms with Crippen LogP contribution in [0.15, 0.2) is 0 Å². The Balaban J connectivity index is -0.0000000281. The van der Waals surface area contributed by atoms with Gasteiger partial charge in [0.1, 0.15) is 0 Å². The van der Waals surface area contributed by atoms with Gasteiger partial charge in [0, 0.05) is 0 Å². The summed E-state index contributed by atoms with van der Waals surface area (Å²) in [5.74, 6) is -1.09. The molecule has 0 aromatic carbocycles. The average molecular weight is 260 g/mol. The third-order valence-electron chi connectivity index (χ3n) is 0.338. The van der Waals surface area contributed by atoms with Crippen molar-refractivity contribution in [3.63, 3.8) is 0 Å². The van der Waals surface area contributed by atoms with Gasteiger partial charge in [-0.15, -0.1) is 0 Å². The largest absolute Gasteiger partial charge is 1.00 e. The first kappa shape index (κ1) is 24.3. The minimum absolute atomic E-state index is 0. The van der Waals surface area contributed by atoms with Crippen LogP contribution >= 0.6 is 24.8 Å². The first-order valence-corrected chi connectivity index (χ1v) is 3.34. The van der Waals surface area contributed by atoms with Crippen LogP contribution in [0.25, 0.3) is 0 Å². The van der Waals surface area contributed by atoms with E-state index in [9.17, 15) is 4.79 Å². The first-order chi connectivity index (χ1) is 5.36. The molecule has 0 aliphatic rings. The van der Waals surface area contributed by atoms with Crippen molar-refractivity contribution < 1.29 is 81.4 Å². The zero-order valence-corrected chi connectivity index (χ0v) is 13.6. The van der Waals surface area contributed by atoms with E-state index < -0.39 is 17.8 Å². The average Bonchev–Trinajstić information content (AvgIpc) is 1.82. The number of carboxylic acid groups (broad SMARTS) is 1. The van der Waals surface area contributed by atoms with Crippen molar-refractivity contribution in [2.24, 2.45) is 11.5 Å². The van der Waals surface area contributed by atoms with E-state index in [0.717, 1.165) is 0 Å². The van der Waals surface area contributed by atoms with Gasteiger partial charge in [0.05, 0.1) is 0 Å². The van der Waals surface area contributed by atoms with Gasteiger partial charge >= 0.3 is 65.1 Å². The molecule has 1 amide bonds. The first-order valence-electron chi connectivity index (χ1n) is 2.48. The topological polar surface area (TPSA) is 116 Å². The molecule has 0 radical (unpaired) electrons. The summed E-state index contributed by atoms with van der Waals surface area (Å²) < 4.78 is 4.21. The maximum atomic E-state index is 9.66. The number of rotatable bonds is 2. The van der Waals surface area contributed by atoms with Crippen LogP contribution < -0.4 is 70.6 Å². The second-order valence-electron chi connectivity index (χ2n) is 1.34. The third kappa shape index (κ3) is 52.1. The van der Waals surface area contributed by atoms with Gasteiger partial charge in [0.25, 0.3) is 10.4 Å². The molecule has 5 N–H and O–H groups in total. The molecule has 10 heteroatoms. The van der Waals surface area contributed by atoms with Gasteiger partial charge in [-0.25, -0.2) is 4.79 Å². The number of primary amides is 1. The van der Waals surface area contributed by atoms with Gasteiger partial charge in [0.2, 0.25) is 0 Å². The van der Waals surface area contributed by atoms with Crippen LogP contribution in [0.4, 0.5) is 4.79 Å². The van der Waals surface area contributed by atoms with Gasteiger partial charge in [0.15, 0.2) is 6.61 Å². The Morgan fingerprint density at radius 1 is 1.43 bits per heavy atom. The number of hydrogen-bond acceptors (Lipinski definition) is 4. The molecule has 0 fully saturated rings. The zero-order valence-electron chi connectivity index (χ0n) is 9.89. The summed E-state index contributed by atoms with van der Waals surface area (Å²) in [4.78, 5) is 18.7. The quantitative estimate of drug-likeness (QED) is 0.223. The smallest absolute Gasteiger partial charge is 1.00 e. The van der Waals surface area contributed by atoms with E-state index in [1.807, 2.05) is 0 Å². The molecule has 0 bridgehead atoms. The van der Waals surface area contributed by atoms with Crippen molar-refractivity contribution in [2.75, 3.05) is 6.61 Å². The van der Waals surface area contributed by atoms with Gasteiger partial charge in [-0.05, 0) is 12.2 Å². The van der Waals surface area contributed by atoms with E-state index in [-0.39, 0.29) is 67.1 Å². The normalized spacial score (nSPS) is 6.36. The van der Waals surface area contributed by atoms with E-state index in [1.54, 1.807) is 0 Å². The second kappa shape index (κ2) is 16.4. The molecule has 0 saturated heterocycles. The number of thiocarbonyl (C=S) groups is 1. The van der Waals surface area contributed by atoms with Crippen molar-refractivity contribution in [1.29, 1.82) is 0 Å². The molecule has 0 aromatic heterocycles. The maximum Gasteiger partial charge on any atom is 1.00 e. The Bertz CT molecular complexity index is 183. The molecule has 14 heavy (non-hydrogen) atoms. The van der Waals surface area contributed by atoms with Crippen LogP contribution in [-0.4, -0.2) is 28.1 Å². The van der Waals surface area contributed by atoms with E-state index in [1.165, 1.54) is 0 Å². The molecule has 0 aliphatic heterocycles. The molecule has 0 aromatic rings. The number of carbonyl (C=O) groups is 2. The molecule has 0 rings (SSSR count). The summed E-state index contributed by atoms with van der Waals surface area (Å²) in [5, 5.41) is 7.04. The number of carboxylic acids is 1.